The van der Waals surface area contributed by atoms with E-state index in [2.05, 4.69) is 38.6 Å². The second-order valence-electron chi connectivity index (χ2n) is 5.97. The van der Waals surface area contributed by atoms with Crippen molar-refractivity contribution in [1.82, 2.24) is 0 Å². The molecule has 0 aliphatic carbocycles. The fraction of sp³-hybridized carbons (Fsp3) is 0.769. The van der Waals surface area contributed by atoms with Gasteiger partial charge in [0.1, 0.15) is 0 Å². The van der Waals surface area contributed by atoms with Crippen LogP contribution in [-0.4, -0.2) is 38.7 Å². The molecule has 2 atom stereocenters. The standard InChI is InChI=1S/C13H26O4Si/c1-10(14)11(8-9-12(15)16-5)17-18(6,7)13(2,3)4/h8-11,14H,1-7H3/b9-8+/t10-,11+/m1/s1. The maximum atomic E-state index is 11.1. The van der Waals surface area contributed by atoms with E-state index in [4.69, 9.17) is 4.43 Å². The predicted octanol–water partition coefficient (Wildman–Crippen LogP) is 2.49. The van der Waals surface area contributed by atoms with Crippen LogP contribution in [0.4, 0.5) is 0 Å². The minimum absolute atomic E-state index is 0.0548. The molecule has 4 nitrogen and oxygen atoms in total. The zero-order valence-corrected chi connectivity index (χ0v) is 13.5. The van der Waals surface area contributed by atoms with E-state index in [0.29, 0.717) is 0 Å². The summed E-state index contributed by atoms with van der Waals surface area (Å²) < 4.78 is 10.6. The van der Waals surface area contributed by atoms with Gasteiger partial charge in [0.25, 0.3) is 0 Å². The van der Waals surface area contributed by atoms with Crippen LogP contribution in [0, 0.1) is 0 Å². The Morgan fingerprint density at radius 3 is 2.17 bits per heavy atom. The molecule has 0 spiro atoms. The zero-order valence-electron chi connectivity index (χ0n) is 12.5. The molecule has 0 bridgehead atoms. The summed E-state index contributed by atoms with van der Waals surface area (Å²) >= 11 is 0. The van der Waals surface area contributed by atoms with Crippen LogP contribution in [-0.2, 0) is 14.0 Å². The minimum atomic E-state index is -1.98. The summed E-state index contributed by atoms with van der Waals surface area (Å²) in [6.45, 7) is 12.2. The molecule has 0 radical (unpaired) electrons. The van der Waals surface area contributed by atoms with E-state index in [1.807, 2.05) is 0 Å². The van der Waals surface area contributed by atoms with Gasteiger partial charge < -0.3 is 14.3 Å². The summed E-state index contributed by atoms with van der Waals surface area (Å²) in [5.74, 6) is -0.445. The largest absolute Gasteiger partial charge is 0.466 e. The molecule has 0 amide bonds. The lowest BCUT2D eigenvalue weighted by molar-refractivity contribution is -0.134. The molecule has 0 fully saturated rings. The Morgan fingerprint density at radius 1 is 1.33 bits per heavy atom. The summed E-state index contributed by atoms with van der Waals surface area (Å²) in [7, 11) is -0.658. The first-order valence-corrected chi connectivity index (χ1v) is 9.04. The summed E-state index contributed by atoms with van der Waals surface area (Å²) in [6, 6.07) is 0. The van der Waals surface area contributed by atoms with Gasteiger partial charge in [-0.3, -0.25) is 0 Å². The third kappa shape index (κ3) is 5.33. The number of ether oxygens (including phenoxy) is 1. The van der Waals surface area contributed by atoms with Crippen LogP contribution in [0.3, 0.4) is 0 Å². The smallest absolute Gasteiger partial charge is 0.330 e. The monoisotopic (exact) mass is 274 g/mol. The number of carbonyl (C=O) groups excluding carboxylic acids is 1. The molecule has 0 aliphatic rings. The molecule has 0 rings (SSSR count). The van der Waals surface area contributed by atoms with Crippen LogP contribution >= 0.6 is 0 Å². The molecule has 0 aliphatic heterocycles. The maximum Gasteiger partial charge on any atom is 0.330 e. The van der Waals surface area contributed by atoms with E-state index in [0.717, 1.165) is 0 Å². The van der Waals surface area contributed by atoms with E-state index in [1.165, 1.54) is 13.2 Å². The molecule has 0 saturated carbocycles. The fourth-order valence-electron chi connectivity index (χ4n) is 1.06. The van der Waals surface area contributed by atoms with Crippen LogP contribution in [0.1, 0.15) is 27.7 Å². The third-order valence-electron chi connectivity index (χ3n) is 3.34. The summed E-state index contributed by atoms with van der Waals surface area (Å²) in [4.78, 5) is 11.1. The molecule has 0 heterocycles. The number of rotatable bonds is 5. The average molecular weight is 274 g/mol. The first-order valence-electron chi connectivity index (χ1n) is 6.13. The molecule has 106 valence electrons. The van der Waals surface area contributed by atoms with Crippen molar-refractivity contribution >= 4 is 14.3 Å². The van der Waals surface area contributed by atoms with Crippen molar-refractivity contribution in [3.05, 3.63) is 12.2 Å². The highest BCUT2D eigenvalue weighted by atomic mass is 28.4. The quantitative estimate of drug-likeness (QED) is 0.475. The van der Waals surface area contributed by atoms with Gasteiger partial charge in [-0.1, -0.05) is 20.8 Å². The number of hydrogen-bond acceptors (Lipinski definition) is 4. The van der Waals surface area contributed by atoms with E-state index in [-0.39, 0.29) is 5.04 Å². The minimum Gasteiger partial charge on any atom is -0.466 e. The van der Waals surface area contributed by atoms with E-state index in [1.54, 1.807) is 13.0 Å². The lowest BCUT2D eigenvalue weighted by atomic mass is 10.2. The molecule has 1 N–H and O–H groups in total. The van der Waals surface area contributed by atoms with E-state index >= 15 is 0 Å². The highest BCUT2D eigenvalue weighted by Gasteiger charge is 2.39. The topological polar surface area (TPSA) is 55.8 Å². The summed E-state index contributed by atoms with van der Waals surface area (Å²) in [6.07, 6.45) is 1.71. The van der Waals surface area contributed by atoms with Crippen LogP contribution < -0.4 is 0 Å². The SMILES string of the molecule is COC(=O)/C=C/[C@H](O[Si](C)(C)C(C)(C)C)[C@@H](C)O. The molecular weight excluding hydrogens is 248 g/mol. The maximum absolute atomic E-state index is 11.1. The predicted molar refractivity (Wildman–Crippen MR) is 74.9 cm³/mol. The molecule has 0 unspecified atom stereocenters. The zero-order chi connectivity index (χ0) is 14.6. The number of aliphatic hydroxyl groups is 1. The normalized spacial score (nSPS) is 16.7. The molecule has 18 heavy (non-hydrogen) atoms. The van der Waals surface area contributed by atoms with Crippen molar-refractivity contribution < 1.29 is 19.1 Å². The van der Waals surface area contributed by atoms with Gasteiger partial charge in [0.05, 0.1) is 19.3 Å². The van der Waals surface area contributed by atoms with Crippen LogP contribution in [0.15, 0.2) is 12.2 Å². The van der Waals surface area contributed by atoms with Crippen molar-refractivity contribution in [3.63, 3.8) is 0 Å². The highest BCUT2D eigenvalue weighted by molar-refractivity contribution is 6.74. The average Bonchev–Trinajstić information content (AvgIpc) is 2.21. The number of methoxy groups -OCH3 is 1. The number of carbonyl (C=O) groups is 1. The summed E-state index contributed by atoms with van der Waals surface area (Å²) in [5.41, 5.74) is 0. The van der Waals surface area contributed by atoms with Crippen molar-refractivity contribution in [2.75, 3.05) is 7.11 Å². The Labute approximate surface area is 111 Å². The Balaban J connectivity index is 4.85. The van der Waals surface area contributed by atoms with Gasteiger partial charge in [-0.2, -0.15) is 0 Å². The second-order valence-corrected chi connectivity index (χ2v) is 10.7. The summed E-state index contributed by atoms with van der Waals surface area (Å²) in [5, 5.41) is 9.78. The second kappa shape index (κ2) is 6.50. The molecule has 0 aromatic rings. The van der Waals surface area contributed by atoms with Gasteiger partial charge >= 0.3 is 5.97 Å². The van der Waals surface area contributed by atoms with E-state index < -0.39 is 26.5 Å². The Morgan fingerprint density at radius 2 is 1.83 bits per heavy atom. The number of aliphatic hydroxyl groups excluding tert-OH is 1. The third-order valence-corrected chi connectivity index (χ3v) is 7.81. The van der Waals surface area contributed by atoms with Gasteiger partial charge in [-0.15, -0.1) is 0 Å². The first kappa shape index (κ1) is 17.3. The Hall–Kier alpha value is -0.653. The first-order chi connectivity index (χ1) is 8.01. The lowest BCUT2D eigenvalue weighted by Gasteiger charge is -2.39. The number of hydrogen-bond donors (Lipinski definition) is 1. The van der Waals surface area contributed by atoms with Crippen LogP contribution in [0.2, 0.25) is 18.1 Å². The number of esters is 1. The highest BCUT2D eigenvalue weighted by Crippen LogP contribution is 2.37. The van der Waals surface area contributed by atoms with Crippen LogP contribution in [0.5, 0.6) is 0 Å². The van der Waals surface area contributed by atoms with Crippen LogP contribution in [0.25, 0.3) is 0 Å². The van der Waals surface area contributed by atoms with Gasteiger partial charge in [-0.05, 0) is 31.1 Å². The molecule has 0 aromatic carbocycles. The molecule has 5 heteroatoms. The van der Waals surface area contributed by atoms with Crippen molar-refractivity contribution in [2.45, 2.75) is 58.0 Å². The van der Waals surface area contributed by atoms with Gasteiger partial charge in [0.15, 0.2) is 8.32 Å². The van der Waals surface area contributed by atoms with Crippen molar-refractivity contribution in [2.24, 2.45) is 0 Å². The van der Waals surface area contributed by atoms with Crippen molar-refractivity contribution in [1.29, 1.82) is 0 Å². The molecule has 0 saturated heterocycles. The molecular formula is C13H26O4Si. The lowest BCUT2D eigenvalue weighted by Crippen LogP contribution is -2.46. The molecule has 0 aromatic heterocycles. The Bertz CT molecular complexity index is 303. The fourth-order valence-corrected chi connectivity index (χ4v) is 2.37. The Kier molecular flexibility index (Phi) is 6.26. The van der Waals surface area contributed by atoms with Gasteiger partial charge in [0, 0.05) is 6.08 Å². The van der Waals surface area contributed by atoms with Crippen molar-refractivity contribution in [3.8, 4) is 0 Å². The van der Waals surface area contributed by atoms with Gasteiger partial charge in [0.2, 0.25) is 0 Å². The van der Waals surface area contributed by atoms with E-state index in [9.17, 15) is 9.90 Å². The van der Waals surface area contributed by atoms with Gasteiger partial charge in [-0.25, -0.2) is 4.79 Å².